The van der Waals surface area contributed by atoms with Gasteiger partial charge in [0.15, 0.2) is 0 Å². The van der Waals surface area contributed by atoms with Crippen molar-refractivity contribution in [3.8, 4) is 78.6 Å². The van der Waals surface area contributed by atoms with Gasteiger partial charge in [0.05, 0.1) is 16.6 Å². The van der Waals surface area contributed by atoms with Crippen LogP contribution in [0, 0.1) is 6.07 Å². The van der Waals surface area contributed by atoms with Crippen molar-refractivity contribution in [2.45, 2.75) is 52.4 Å². The molecule has 9 aromatic rings. The SMILES string of the molecule is CC(C)(C)c1cc(-c2cc(-c3ccc(-c4ccccc4)cc3)ccn2)[c-]c(-c2cccc3c2nc(-c2ccccc2O)n3-c2cc(-c3ccccc3)cc(C(C)(C)C)c2)c1.[Pt]. The van der Waals surface area contributed by atoms with Gasteiger partial charge < -0.3 is 5.11 Å². The molecule has 0 aliphatic heterocycles. The molecule has 0 unspecified atom stereocenters. The molecule has 0 saturated carbocycles. The van der Waals surface area contributed by atoms with Crippen molar-refractivity contribution in [1.29, 1.82) is 0 Å². The van der Waals surface area contributed by atoms with Crippen LogP contribution in [0.5, 0.6) is 5.75 Å². The van der Waals surface area contributed by atoms with E-state index in [1.165, 1.54) is 22.3 Å². The van der Waals surface area contributed by atoms with E-state index in [4.69, 9.17) is 9.97 Å². The van der Waals surface area contributed by atoms with Crippen LogP contribution in [0.3, 0.4) is 0 Å². The maximum absolute atomic E-state index is 11.4. The van der Waals surface area contributed by atoms with E-state index in [9.17, 15) is 5.11 Å². The van der Waals surface area contributed by atoms with Gasteiger partial charge in [-0.3, -0.25) is 9.55 Å². The normalized spacial score (nSPS) is 11.7. The minimum Gasteiger partial charge on any atom is -0.507 e. The summed E-state index contributed by atoms with van der Waals surface area (Å²) in [6.45, 7) is 13.5. The smallest absolute Gasteiger partial charge is 0.148 e. The molecule has 1 N–H and O–H groups in total. The minimum absolute atomic E-state index is 0. The van der Waals surface area contributed by atoms with E-state index in [0.717, 1.165) is 61.4 Å². The van der Waals surface area contributed by atoms with Gasteiger partial charge in [0.1, 0.15) is 11.6 Å². The number of phenolic OH excluding ortho intramolecular Hbond substituents is 1. The first-order valence-electron chi connectivity index (χ1n) is 20.6. The van der Waals surface area contributed by atoms with Crippen LogP contribution in [-0.2, 0) is 31.9 Å². The van der Waals surface area contributed by atoms with Gasteiger partial charge in [-0.1, -0.05) is 174 Å². The molecule has 0 saturated heterocycles. The van der Waals surface area contributed by atoms with E-state index in [-0.39, 0.29) is 37.6 Å². The fourth-order valence-electron chi connectivity index (χ4n) is 7.92. The largest absolute Gasteiger partial charge is 0.507 e. The molecule has 2 heterocycles. The average molecular weight is 974 g/mol. The second kappa shape index (κ2) is 16.6. The van der Waals surface area contributed by atoms with E-state index >= 15 is 0 Å². The third kappa shape index (κ3) is 8.38. The van der Waals surface area contributed by atoms with Crippen LogP contribution < -0.4 is 0 Å². The topological polar surface area (TPSA) is 50.9 Å². The number of para-hydroxylation sites is 2. The van der Waals surface area contributed by atoms with Gasteiger partial charge in [-0.2, -0.15) is 0 Å². The molecule has 9 rings (SSSR count). The quantitative estimate of drug-likeness (QED) is 0.162. The summed E-state index contributed by atoms with van der Waals surface area (Å²) in [7, 11) is 0. The molecule has 61 heavy (non-hydrogen) atoms. The van der Waals surface area contributed by atoms with E-state index in [2.05, 4.69) is 186 Å². The number of phenols is 1. The Morgan fingerprint density at radius 3 is 1.70 bits per heavy atom. The molecule has 0 bridgehead atoms. The molecule has 0 aliphatic rings. The number of hydrogen-bond donors (Lipinski definition) is 1. The number of fused-ring (bicyclic) bond motifs is 1. The Hall–Kier alpha value is -6.35. The zero-order chi connectivity index (χ0) is 41.6. The Bertz CT molecular complexity index is 2990. The number of benzene rings is 7. The van der Waals surface area contributed by atoms with Gasteiger partial charge in [0.2, 0.25) is 0 Å². The molecular weight excluding hydrogens is 926 g/mol. The maximum Gasteiger partial charge on any atom is 0.148 e. The summed E-state index contributed by atoms with van der Waals surface area (Å²) in [5.41, 5.74) is 16.0. The fourth-order valence-corrected chi connectivity index (χ4v) is 7.92. The van der Waals surface area contributed by atoms with E-state index in [0.29, 0.717) is 11.4 Å². The summed E-state index contributed by atoms with van der Waals surface area (Å²) in [6, 6.07) is 62.9. The van der Waals surface area contributed by atoms with Crippen molar-refractivity contribution >= 4 is 11.0 Å². The zero-order valence-electron chi connectivity index (χ0n) is 35.3. The average Bonchev–Trinajstić information content (AvgIpc) is 3.66. The number of hydrogen-bond acceptors (Lipinski definition) is 3. The summed E-state index contributed by atoms with van der Waals surface area (Å²) >= 11 is 0. The van der Waals surface area contributed by atoms with Crippen LogP contribution in [0.15, 0.2) is 176 Å². The maximum atomic E-state index is 11.4. The van der Waals surface area contributed by atoms with Crippen molar-refractivity contribution in [3.63, 3.8) is 0 Å². The number of aromatic nitrogens is 3. The van der Waals surface area contributed by atoms with Gasteiger partial charge in [-0.15, -0.1) is 29.3 Å². The van der Waals surface area contributed by atoms with Crippen molar-refractivity contribution < 1.29 is 26.2 Å². The second-order valence-electron chi connectivity index (χ2n) is 17.7. The number of imidazole rings is 1. The van der Waals surface area contributed by atoms with E-state index in [1.807, 2.05) is 36.5 Å². The Kier molecular flexibility index (Phi) is 11.3. The standard InChI is InChI=1S/C56H48N3O.Pt/c1-55(2,3)45-32-43(30-44(33-45)50-35-41(28-29-57-50)40-26-24-39(25-27-40)37-16-9-7-10-17-37)48-21-15-22-51-53(48)58-54(49-20-13-14-23-52(49)60)59(51)47-34-42(38-18-11-8-12-19-38)31-46(36-47)56(4,5)6;/h7-29,31-36,60H,1-6H3;/q-1;. The third-order valence-corrected chi connectivity index (χ3v) is 11.4. The minimum atomic E-state index is -0.154. The first-order chi connectivity index (χ1) is 28.9. The molecule has 0 aliphatic carbocycles. The summed E-state index contributed by atoms with van der Waals surface area (Å²) in [5, 5.41) is 11.4. The van der Waals surface area contributed by atoms with Gasteiger partial charge in [-0.25, -0.2) is 4.98 Å². The summed E-state index contributed by atoms with van der Waals surface area (Å²) < 4.78 is 2.21. The Labute approximate surface area is 373 Å². The van der Waals surface area contributed by atoms with Crippen molar-refractivity contribution in [1.82, 2.24) is 14.5 Å². The predicted molar refractivity (Wildman–Crippen MR) is 249 cm³/mol. The van der Waals surface area contributed by atoms with Crippen LogP contribution in [0.4, 0.5) is 0 Å². The molecule has 4 nitrogen and oxygen atoms in total. The monoisotopic (exact) mass is 973 g/mol. The zero-order valence-corrected chi connectivity index (χ0v) is 37.6. The molecule has 0 atom stereocenters. The molecule has 2 aromatic heterocycles. The molecule has 0 spiro atoms. The first kappa shape index (κ1) is 41.4. The van der Waals surface area contributed by atoms with Gasteiger partial charge in [0, 0.05) is 38.6 Å². The Morgan fingerprint density at radius 2 is 1.05 bits per heavy atom. The fraction of sp³-hybridized carbons (Fsp3) is 0.143. The summed E-state index contributed by atoms with van der Waals surface area (Å²) in [6.07, 6.45) is 1.89. The van der Waals surface area contributed by atoms with Crippen molar-refractivity contribution in [2.75, 3.05) is 0 Å². The van der Waals surface area contributed by atoms with Crippen LogP contribution in [0.2, 0.25) is 0 Å². The predicted octanol–water partition coefficient (Wildman–Crippen LogP) is 14.5. The molecule has 7 aromatic carbocycles. The van der Waals surface area contributed by atoms with Crippen molar-refractivity contribution in [3.05, 3.63) is 193 Å². The summed E-state index contributed by atoms with van der Waals surface area (Å²) in [5.74, 6) is 0.843. The van der Waals surface area contributed by atoms with Gasteiger partial charge in [0.25, 0.3) is 0 Å². The molecule has 0 radical (unpaired) electrons. The number of rotatable bonds is 7. The van der Waals surface area contributed by atoms with Crippen LogP contribution in [-0.4, -0.2) is 19.6 Å². The second-order valence-corrected chi connectivity index (χ2v) is 17.7. The summed E-state index contributed by atoms with van der Waals surface area (Å²) in [4.78, 5) is 10.3. The number of pyridine rings is 1. The van der Waals surface area contributed by atoms with Crippen molar-refractivity contribution in [2.24, 2.45) is 0 Å². The van der Waals surface area contributed by atoms with Crippen LogP contribution in [0.25, 0.3) is 83.9 Å². The molecule has 304 valence electrons. The number of aromatic hydroxyl groups is 1. The van der Waals surface area contributed by atoms with E-state index < -0.39 is 0 Å². The Morgan fingerprint density at radius 1 is 0.492 bits per heavy atom. The van der Waals surface area contributed by atoms with Gasteiger partial charge in [-0.05, 0) is 86.2 Å². The molecule has 0 fully saturated rings. The first-order valence-corrected chi connectivity index (χ1v) is 20.6. The van der Waals surface area contributed by atoms with Crippen LogP contribution in [0.1, 0.15) is 52.7 Å². The van der Waals surface area contributed by atoms with E-state index in [1.54, 1.807) is 6.07 Å². The molecule has 5 heteroatoms. The van der Waals surface area contributed by atoms with Gasteiger partial charge >= 0.3 is 0 Å². The molecule has 0 amide bonds. The Balaban J connectivity index is 0.00000514. The third-order valence-electron chi connectivity index (χ3n) is 11.4. The molecular formula is C56H48N3OPt-. The number of nitrogens with zero attached hydrogens (tertiary/aromatic N) is 3. The van der Waals surface area contributed by atoms with Crippen LogP contribution >= 0.6 is 0 Å².